The molecule has 0 unspecified atom stereocenters. The summed E-state index contributed by atoms with van der Waals surface area (Å²) in [6.45, 7) is 1.14. The second kappa shape index (κ2) is 10.2. The van der Waals surface area contributed by atoms with E-state index >= 15 is 0 Å². The number of carboxylic acids is 1. The van der Waals surface area contributed by atoms with E-state index in [1.165, 1.54) is 29.2 Å². The Labute approximate surface area is 121 Å². The number of benzene rings is 1. The van der Waals surface area contributed by atoms with Crippen LogP contribution in [0.2, 0.25) is 0 Å². The van der Waals surface area contributed by atoms with Gasteiger partial charge in [0.1, 0.15) is 6.54 Å². The second-order valence-electron chi connectivity index (χ2n) is 4.09. The first-order valence-corrected chi connectivity index (χ1v) is 6.82. The lowest BCUT2D eigenvalue weighted by Gasteiger charge is -2.01. The van der Waals surface area contributed by atoms with Crippen molar-refractivity contribution in [2.75, 3.05) is 33.0 Å². The van der Waals surface area contributed by atoms with Crippen LogP contribution in [0, 0.1) is 10.1 Å². The number of thioether (sulfide) groups is 1. The van der Waals surface area contributed by atoms with E-state index in [2.05, 4.69) is 0 Å². The van der Waals surface area contributed by atoms with Gasteiger partial charge in [-0.3, -0.25) is 10.1 Å². The van der Waals surface area contributed by atoms with Crippen molar-refractivity contribution in [1.82, 2.24) is 0 Å². The minimum atomic E-state index is -1.16. The first-order chi connectivity index (χ1) is 9.36. The van der Waals surface area contributed by atoms with Crippen molar-refractivity contribution in [3.8, 4) is 0 Å². The third-order valence-electron chi connectivity index (χ3n) is 2.02. The number of aliphatic carboxylic acids is 1. The Kier molecular flexibility index (Phi) is 9.35. The van der Waals surface area contributed by atoms with Crippen LogP contribution in [0.25, 0.3) is 0 Å². The third kappa shape index (κ3) is 9.31. The van der Waals surface area contributed by atoms with Crippen molar-refractivity contribution in [1.29, 1.82) is 0 Å². The number of nitro benzene ring substituents is 1. The topological polar surface area (TPSA) is 108 Å². The fraction of sp³-hybridized carbons (Fsp3) is 0.417. The summed E-state index contributed by atoms with van der Waals surface area (Å²) >= 11 is 1.06. The molecule has 0 aliphatic heterocycles. The van der Waals surface area contributed by atoms with Gasteiger partial charge in [-0.15, -0.1) is 11.8 Å². The monoisotopic (exact) mass is 302 g/mol. The Bertz CT molecular complexity index is 422. The number of carbonyl (C=O) groups excluding carboxylic acids is 1. The molecule has 0 aliphatic carbocycles. The first kappa shape index (κ1) is 18.4. The Morgan fingerprint density at radius 2 is 1.90 bits per heavy atom. The van der Waals surface area contributed by atoms with Gasteiger partial charge in [-0.05, 0) is 12.1 Å². The summed E-state index contributed by atoms with van der Waals surface area (Å²) in [7, 11) is 4.02. The molecule has 0 saturated carbocycles. The number of quaternary nitrogens is 1. The Balaban J connectivity index is 0.000000511. The molecule has 0 atom stereocenters. The van der Waals surface area contributed by atoms with Gasteiger partial charge in [0.2, 0.25) is 0 Å². The highest BCUT2D eigenvalue weighted by Gasteiger charge is 2.03. The molecule has 112 valence electrons. The average Bonchev–Trinajstić information content (AvgIpc) is 2.37. The molecule has 0 heterocycles. The number of carbonyl (C=O) groups is 1. The maximum absolute atomic E-state index is 10.3. The molecule has 1 aromatic carbocycles. The summed E-state index contributed by atoms with van der Waals surface area (Å²) in [5.74, 6) is -1.31. The maximum Gasteiger partial charge on any atom is 0.269 e. The van der Waals surface area contributed by atoms with Gasteiger partial charge in [0, 0.05) is 22.8 Å². The quantitative estimate of drug-likeness (QED) is 0.378. The van der Waals surface area contributed by atoms with E-state index in [0.717, 1.165) is 18.3 Å². The summed E-state index contributed by atoms with van der Waals surface area (Å²) in [5, 5.41) is 28.6. The summed E-state index contributed by atoms with van der Waals surface area (Å²) < 4.78 is 0. The lowest BCUT2D eigenvalue weighted by molar-refractivity contribution is -0.858. The number of nitrogens with zero attached hydrogens (tertiary/aromatic N) is 1. The number of hydrogen-bond donors (Lipinski definition) is 2. The van der Waals surface area contributed by atoms with E-state index in [1.54, 1.807) is 0 Å². The fourth-order valence-corrected chi connectivity index (χ4v) is 1.64. The van der Waals surface area contributed by atoms with Crippen molar-refractivity contribution < 1.29 is 24.8 Å². The number of aliphatic hydroxyl groups is 1. The predicted octanol–water partition coefficient (Wildman–Crippen LogP) is -1.44. The van der Waals surface area contributed by atoms with Crippen LogP contribution in [-0.2, 0) is 4.79 Å². The zero-order valence-electron chi connectivity index (χ0n) is 11.4. The van der Waals surface area contributed by atoms with Crippen molar-refractivity contribution in [3.63, 3.8) is 0 Å². The predicted molar refractivity (Wildman–Crippen MR) is 73.6 cm³/mol. The first-order valence-electron chi connectivity index (χ1n) is 5.83. The normalized spacial score (nSPS) is 9.80. The van der Waals surface area contributed by atoms with Gasteiger partial charge in [-0.25, -0.2) is 0 Å². The molecule has 20 heavy (non-hydrogen) atoms. The van der Waals surface area contributed by atoms with E-state index in [9.17, 15) is 20.0 Å². The Hall–Kier alpha value is -1.64. The molecule has 7 nitrogen and oxygen atoms in total. The molecule has 0 saturated heterocycles. The number of aliphatic hydroxyl groups excluding tert-OH is 1. The van der Waals surface area contributed by atoms with Crippen LogP contribution in [0.5, 0.6) is 0 Å². The van der Waals surface area contributed by atoms with Gasteiger partial charge in [-0.2, -0.15) is 0 Å². The van der Waals surface area contributed by atoms with Crippen LogP contribution < -0.4 is 10.0 Å². The largest absolute Gasteiger partial charge is 0.549 e. The zero-order chi connectivity index (χ0) is 15.5. The lowest BCUT2D eigenvalue weighted by Crippen LogP contribution is -3.06. The zero-order valence-corrected chi connectivity index (χ0v) is 12.2. The van der Waals surface area contributed by atoms with Crippen molar-refractivity contribution in [2.24, 2.45) is 0 Å². The van der Waals surface area contributed by atoms with E-state index in [4.69, 9.17) is 5.11 Å². The number of nitrogens with one attached hydrogen (secondary N) is 1. The fourth-order valence-electron chi connectivity index (χ4n) is 1.03. The Morgan fingerprint density at radius 1 is 1.35 bits per heavy atom. The van der Waals surface area contributed by atoms with Gasteiger partial charge in [0.25, 0.3) is 5.69 Å². The minimum Gasteiger partial charge on any atom is -0.549 e. The number of rotatable bonds is 6. The molecule has 0 fully saturated rings. The standard InChI is InChI=1S/C8H7NO4S.C4H11NO/c10-8(11)5-14-7-3-1-6(2-4-7)9(12)13;1-5(2)3-4-6/h1-4H,5H2,(H,10,11);6H,3-4H2,1-2H3. The van der Waals surface area contributed by atoms with Gasteiger partial charge in [0.05, 0.1) is 31.6 Å². The van der Waals surface area contributed by atoms with Crippen molar-refractivity contribution in [3.05, 3.63) is 34.4 Å². The van der Waals surface area contributed by atoms with Gasteiger partial charge < -0.3 is 19.9 Å². The van der Waals surface area contributed by atoms with E-state index < -0.39 is 10.9 Å². The van der Waals surface area contributed by atoms with Crippen LogP contribution >= 0.6 is 11.8 Å². The molecule has 0 spiro atoms. The minimum absolute atomic E-state index is 0.0113. The van der Waals surface area contributed by atoms with E-state index in [0.29, 0.717) is 11.5 Å². The maximum atomic E-state index is 10.3. The highest BCUT2D eigenvalue weighted by atomic mass is 32.2. The van der Waals surface area contributed by atoms with Crippen molar-refractivity contribution >= 4 is 23.4 Å². The molecule has 0 aromatic heterocycles. The van der Waals surface area contributed by atoms with Gasteiger partial charge in [-0.1, -0.05) is 0 Å². The lowest BCUT2D eigenvalue weighted by atomic mass is 10.3. The molecule has 1 aromatic rings. The third-order valence-corrected chi connectivity index (χ3v) is 3.00. The summed E-state index contributed by atoms with van der Waals surface area (Å²) in [5.41, 5.74) is -0.0113. The molecule has 0 amide bonds. The van der Waals surface area contributed by atoms with Gasteiger partial charge in [0.15, 0.2) is 0 Å². The molecule has 0 bridgehead atoms. The molecular formula is C12H18N2O5S. The highest BCUT2D eigenvalue weighted by molar-refractivity contribution is 8.00. The molecular weight excluding hydrogens is 284 g/mol. The average molecular weight is 302 g/mol. The van der Waals surface area contributed by atoms with Crippen LogP contribution in [-0.4, -0.2) is 49.0 Å². The summed E-state index contributed by atoms with van der Waals surface area (Å²) in [6.07, 6.45) is 0. The molecule has 0 radical (unpaired) electrons. The number of hydrogen-bond acceptors (Lipinski definition) is 6. The molecule has 0 aliphatic rings. The summed E-state index contributed by atoms with van der Waals surface area (Å²) in [4.78, 5) is 21.8. The van der Waals surface area contributed by atoms with E-state index in [-0.39, 0.29) is 11.4 Å². The van der Waals surface area contributed by atoms with Crippen LogP contribution in [0.15, 0.2) is 29.2 Å². The smallest absolute Gasteiger partial charge is 0.269 e. The van der Waals surface area contributed by atoms with Crippen LogP contribution in [0.3, 0.4) is 0 Å². The molecule has 8 heteroatoms. The van der Waals surface area contributed by atoms with Crippen LogP contribution in [0.1, 0.15) is 0 Å². The van der Waals surface area contributed by atoms with E-state index in [1.807, 2.05) is 14.1 Å². The highest BCUT2D eigenvalue weighted by Crippen LogP contribution is 2.20. The molecule has 1 rings (SSSR count). The number of nitro groups is 1. The number of likely N-dealkylation sites (N-methyl/N-ethyl adjacent to an activating group) is 1. The van der Waals surface area contributed by atoms with Crippen LogP contribution in [0.4, 0.5) is 5.69 Å². The van der Waals surface area contributed by atoms with Crippen molar-refractivity contribution in [2.45, 2.75) is 4.90 Å². The number of carboxylic acid groups (broad SMARTS) is 1. The SMILES string of the molecule is C[NH+](C)CCO.O=C([O-])CSc1ccc([N+](=O)[O-])cc1. The summed E-state index contributed by atoms with van der Waals surface area (Å²) in [6, 6.07) is 5.67. The number of non-ortho nitro benzene ring substituents is 1. The second-order valence-corrected chi connectivity index (χ2v) is 5.14. The molecule has 2 N–H and O–H groups in total. The van der Waals surface area contributed by atoms with Gasteiger partial charge >= 0.3 is 0 Å². The Morgan fingerprint density at radius 3 is 2.20 bits per heavy atom.